The Bertz CT molecular complexity index is 194. The molecule has 1 aliphatic rings. The molecule has 0 aromatic heterocycles. The summed E-state index contributed by atoms with van der Waals surface area (Å²) in [6.45, 7) is 3.73. The van der Waals surface area contributed by atoms with Gasteiger partial charge in [0.05, 0.1) is 0 Å². The summed E-state index contributed by atoms with van der Waals surface area (Å²) in [5.41, 5.74) is 6.53. The van der Waals surface area contributed by atoms with Crippen LogP contribution < -0.4 is 11.6 Å². The summed E-state index contributed by atoms with van der Waals surface area (Å²) in [6, 6.07) is 0. The molecule has 4 nitrogen and oxygen atoms in total. The average Bonchev–Trinajstić information content (AvgIpc) is 1.82. The van der Waals surface area contributed by atoms with Gasteiger partial charge in [0.1, 0.15) is 12.0 Å². The second-order valence-electron chi connectivity index (χ2n) is 2.36. The van der Waals surface area contributed by atoms with E-state index >= 15 is 0 Å². The van der Waals surface area contributed by atoms with Crippen LogP contribution in [0.25, 0.3) is 0 Å². The topological polar surface area (TPSA) is 67.6 Å². The van der Waals surface area contributed by atoms with Crippen LogP contribution in [0.2, 0.25) is 0 Å². The normalized spacial score (nSPS) is 26.0. The number of rotatable bonds is 0. The van der Waals surface area contributed by atoms with E-state index in [1.54, 1.807) is 0 Å². The van der Waals surface area contributed by atoms with Gasteiger partial charge in [0.2, 0.25) is 0 Å². The predicted molar refractivity (Wildman–Crippen MR) is 40.9 cm³/mol. The highest BCUT2D eigenvalue weighted by Crippen LogP contribution is 2.06. The number of aliphatic imine (C=N–C) groups is 1. The largest absolute Gasteiger partial charge is 0.307 e. The molecule has 0 amide bonds. The van der Waals surface area contributed by atoms with E-state index in [0.717, 1.165) is 11.5 Å². The van der Waals surface area contributed by atoms with Crippen molar-refractivity contribution in [3.05, 3.63) is 11.8 Å². The average molecular weight is 140 g/mol. The third kappa shape index (κ3) is 1.17. The van der Waals surface area contributed by atoms with Crippen LogP contribution in [0.5, 0.6) is 0 Å². The lowest BCUT2D eigenvalue weighted by Crippen LogP contribution is -2.50. The van der Waals surface area contributed by atoms with Gasteiger partial charge < -0.3 is 5.73 Å². The standard InChI is InChI=1S/C6H12N4/c1-4-3-6(7)10(8)5(2)9-4/h3,6H,7-8H2,1-2H3. The van der Waals surface area contributed by atoms with Gasteiger partial charge in [0, 0.05) is 5.70 Å². The molecule has 0 aromatic carbocycles. The number of hydrogen-bond acceptors (Lipinski definition) is 4. The maximum Gasteiger partial charge on any atom is 0.117 e. The Morgan fingerprint density at radius 2 is 2.20 bits per heavy atom. The van der Waals surface area contributed by atoms with Gasteiger partial charge in [-0.2, -0.15) is 0 Å². The van der Waals surface area contributed by atoms with E-state index in [1.807, 2.05) is 19.9 Å². The van der Waals surface area contributed by atoms with E-state index in [9.17, 15) is 0 Å². The molecule has 56 valence electrons. The summed E-state index contributed by atoms with van der Waals surface area (Å²) in [5, 5.41) is 1.44. The molecule has 0 radical (unpaired) electrons. The number of nitrogens with two attached hydrogens (primary N) is 2. The first-order chi connectivity index (χ1) is 4.61. The quantitative estimate of drug-likeness (QED) is 0.457. The first kappa shape index (κ1) is 7.24. The highest BCUT2D eigenvalue weighted by Gasteiger charge is 2.13. The monoisotopic (exact) mass is 140 g/mol. The van der Waals surface area contributed by atoms with E-state index in [4.69, 9.17) is 11.6 Å². The zero-order valence-electron chi connectivity index (χ0n) is 6.20. The van der Waals surface area contributed by atoms with E-state index in [0.29, 0.717) is 0 Å². The molecule has 10 heavy (non-hydrogen) atoms. The fourth-order valence-corrected chi connectivity index (χ4v) is 0.893. The molecule has 1 atom stereocenters. The van der Waals surface area contributed by atoms with Crippen LogP contribution in [0.1, 0.15) is 13.8 Å². The van der Waals surface area contributed by atoms with Crippen molar-refractivity contribution in [3.8, 4) is 0 Å². The van der Waals surface area contributed by atoms with Crippen LogP contribution in [0.4, 0.5) is 0 Å². The minimum Gasteiger partial charge on any atom is -0.307 e. The Hall–Kier alpha value is -0.870. The van der Waals surface area contributed by atoms with Crippen molar-refractivity contribution in [2.45, 2.75) is 20.0 Å². The van der Waals surface area contributed by atoms with Gasteiger partial charge in [-0.15, -0.1) is 0 Å². The molecule has 1 rings (SSSR count). The van der Waals surface area contributed by atoms with E-state index in [-0.39, 0.29) is 6.17 Å². The molecule has 0 fully saturated rings. The minimum absolute atomic E-state index is 0.225. The number of nitrogens with zero attached hydrogens (tertiary/aromatic N) is 2. The van der Waals surface area contributed by atoms with Gasteiger partial charge in [0.25, 0.3) is 0 Å². The lowest BCUT2D eigenvalue weighted by Gasteiger charge is -2.26. The zero-order valence-corrected chi connectivity index (χ0v) is 6.20. The fraction of sp³-hybridized carbons (Fsp3) is 0.500. The van der Waals surface area contributed by atoms with E-state index in [1.165, 1.54) is 5.01 Å². The van der Waals surface area contributed by atoms with E-state index < -0.39 is 0 Å². The first-order valence-corrected chi connectivity index (χ1v) is 3.14. The molecule has 0 saturated heterocycles. The lowest BCUT2D eigenvalue weighted by molar-refractivity contribution is 0.370. The summed E-state index contributed by atoms with van der Waals surface area (Å²) in [6.07, 6.45) is 1.59. The van der Waals surface area contributed by atoms with Crippen LogP contribution in [0, 0.1) is 0 Å². The predicted octanol–water partition coefficient (Wildman–Crippen LogP) is -0.217. The summed E-state index contributed by atoms with van der Waals surface area (Å²) >= 11 is 0. The van der Waals surface area contributed by atoms with Crippen LogP contribution in [-0.2, 0) is 0 Å². The van der Waals surface area contributed by atoms with Crippen LogP contribution >= 0.6 is 0 Å². The Morgan fingerprint density at radius 1 is 1.60 bits per heavy atom. The van der Waals surface area contributed by atoms with Crippen molar-refractivity contribution in [1.82, 2.24) is 5.01 Å². The Morgan fingerprint density at radius 3 is 2.70 bits per heavy atom. The molecule has 0 spiro atoms. The highest BCUT2D eigenvalue weighted by atomic mass is 15.5. The summed E-state index contributed by atoms with van der Waals surface area (Å²) in [5.74, 6) is 6.27. The molecule has 0 aromatic rings. The zero-order chi connectivity index (χ0) is 7.72. The Balaban J connectivity index is 2.85. The molecule has 4 heteroatoms. The molecular formula is C6H12N4. The molecule has 0 saturated carbocycles. The van der Waals surface area contributed by atoms with Crippen molar-refractivity contribution >= 4 is 5.84 Å². The van der Waals surface area contributed by atoms with Crippen molar-refractivity contribution in [2.75, 3.05) is 0 Å². The Kier molecular flexibility index (Phi) is 1.74. The molecule has 0 aliphatic carbocycles. The van der Waals surface area contributed by atoms with E-state index in [2.05, 4.69) is 4.99 Å². The molecule has 1 unspecified atom stereocenters. The third-order valence-electron chi connectivity index (χ3n) is 1.44. The summed E-state index contributed by atoms with van der Waals surface area (Å²) in [4.78, 5) is 4.11. The maximum absolute atomic E-state index is 5.60. The third-order valence-corrected chi connectivity index (χ3v) is 1.44. The van der Waals surface area contributed by atoms with Crippen LogP contribution in [-0.4, -0.2) is 17.0 Å². The molecule has 1 heterocycles. The van der Waals surface area contributed by atoms with Gasteiger partial charge >= 0.3 is 0 Å². The van der Waals surface area contributed by atoms with Gasteiger partial charge in [-0.25, -0.2) is 10.8 Å². The second-order valence-corrected chi connectivity index (χ2v) is 2.36. The number of amidine groups is 1. The van der Waals surface area contributed by atoms with Crippen molar-refractivity contribution in [3.63, 3.8) is 0 Å². The second kappa shape index (κ2) is 2.40. The smallest absolute Gasteiger partial charge is 0.117 e. The minimum atomic E-state index is -0.225. The fourth-order valence-electron chi connectivity index (χ4n) is 0.893. The number of hydrogen-bond donors (Lipinski definition) is 2. The van der Waals surface area contributed by atoms with Gasteiger partial charge in [-0.1, -0.05) is 0 Å². The molecular weight excluding hydrogens is 128 g/mol. The number of hydrazine groups is 1. The molecule has 0 bridgehead atoms. The first-order valence-electron chi connectivity index (χ1n) is 3.14. The van der Waals surface area contributed by atoms with Crippen LogP contribution in [0.15, 0.2) is 16.8 Å². The summed E-state index contributed by atoms with van der Waals surface area (Å²) < 4.78 is 0. The van der Waals surface area contributed by atoms with Crippen molar-refractivity contribution < 1.29 is 0 Å². The van der Waals surface area contributed by atoms with Crippen molar-refractivity contribution in [1.29, 1.82) is 0 Å². The van der Waals surface area contributed by atoms with Crippen LogP contribution in [0.3, 0.4) is 0 Å². The van der Waals surface area contributed by atoms with Gasteiger partial charge in [-0.05, 0) is 19.9 Å². The lowest BCUT2D eigenvalue weighted by atomic mass is 10.3. The van der Waals surface area contributed by atoms with Gasteiger partial charge in [0.15, 0.2) is 0 Å². The van der Waals surface area contributed by atoms with Crippen molar-refractivity contribution in [2.24, 2.45) is 16.6 Å². The Labute approximate surface area is 60.2 Å². The summed E-state index contributed by atoms with van der Waals surface area (Å²) in [7, 11) is 0. The maximum atomic E-state index is 5.60. The SMILES string of the molecule is CC1=CC(N)N(N)C(C)=N1. The number of allylic oxidation sites excluding steroid dienone is 1. The molecule has 1 aliphatic heterocycles. The highest BCUT2D eigenvalue weighted by molar-refractivity contribution is 5.81. The molecule has 4 N–H and O–H groups in total. The van der Waals surface area contributed by atoms with Gasteiger partial charge in [-0.3, -0.25) is 5.01 Å².